The summed E-state index contributed by atoms with van der Waals surface area (Å²) in [6, 6.07) is 21.5. The van der Waals surface area contributed by atoms with E-state index in [-0.39, 0.29) is 29.1 Å². The van der Waals surface area contributed by atoms with Crippen molar-refractivity contribution >= 4 is 79.7 Å². The first-order chi connectivity index (χ1) is 19.2. The van der Waals surface area contributed by atoms with Crippen molar-refractivity contribution in [2.45, 2.75) is 29.7 Å². The van der Waals surface area contributed by atoms with Crippen LogP contribution >= 0.6 is 50.6 Å². The molecule has 0 radical (unpaired) electrons. The van der Waals surface area contributed by atoms with Gasteiger partial charge in [-0.1, -0.05) is 80.5 Å². The van der Waals surface area contributed by atoms with Gasteiger partial charge in [-0.15, -0.1) is 0 Å². The molecule has 0 aliphatic carbocycles. The second kappa shape index (κ2) is 10.7. The van der Waals surface area contributed by atoms with E-state index >= 15 is 0 Å². The highest BCUT2D eigenvalue weighted by molar-refractivity contribution is 9.10. The number of amides is 3. The molecule has 0 spiro atoms. The monoisotopic (exact) mass is 653 g/mol. The lowest BCUT2D eigenvalue weighted by atomic mass is 9.83. The summed E-state index contributed by atoms with van der Waals surface area (Å²) in [7, 11) is 0. The zero-order valence-electron chi connectivity index (χ0n) is 21.0. The minimum absolute atomic E-state index is 0.228. The molecular formula is C29H21BrClN3O4S2. The molecule has 7 nitrogen and oxygen atoms in total. The fourth-order valence-electron chi connectivity index (χ4n) is 5.11. The lowest BCUT2D eigenvalue weighted by molar-refractivity contribution is -0.122. The lowest BCUT2D eigenvalue weighted by Gasteiger charge is -2.30. The molecule has 1 saturated heterocycles. The Labute approximate surface area is 251 Å². The Morgan fingerprint density at radius 3 is 2.30 bits per heavy atom. The van der Waals surface area contributed by atoms with Crippen molar-refractivity contribution in [2.24, 2.45) is 5.92 Å². The van der Waals surface area contributed by atoms with Crippen LogP contribution in [0.1, 0.15) is 21.9 Å². The zero-order valence-corrected chi connectivity index (χ0v) is 24.9. The van der Waals surface area contributed by atoms with Crippen LogP contribution in [0, 0.1) is 12.8 Å². The maximum Gasteiger partial charge on any atom is 0.308 e. The third kappa shape index (κ3) is 4.83. The molecule has 1 fully saturated rings. The molecular weight excluding hydrogens is 634 g/mol. The molecule has 202 valence electrons. The van der Waals surface area contributed by atoms with Crippen LogP contribution in [-0.4, -0.2) is 27.5 Å². The van der Waals surface area contributed by atoms with Crippen LogP contribution in [-0.2, 0) is 20.9 Å². The third-order valence-corrected chi connectivity index (χ3v) is 10.4. The van der Waals surface area contributed by atoms with Crippen LogP contribution in [0.4, 0.5) is 11.4 Å². The number of hydrogen-bond acceptors (Lipinski definition) is 6. The highest BCUT2D eigenvalue weighted by Gasteiger charge is 2.56. The molecule has 3 aromatic carbocycles. The topological polar surface area (TPSA) is 88.5 Å². The summed E-state index contributed by atoms with van der Waals surface area (Å²) in [5, 5.41) is 3.14. The van der Waals surface area contributed by atoms with Gasteiger partial charge in [0, 0.05) is 26.0 Å². The number of aromatic nitrogens is 1. The third-order valence-electron chi connectivity index (χ3n) is 7.00. The number of hydrogen-bond donors (Lipinski definition) is 1. The van der Waals surface area contributed by atoms with E-state index in [4.69, 9.17) is 11.6 Å². The van der Waals surface area contributed by atoms with Gasteiger partial charge in [0.25, 0.3) is 0 Å². The predicted molar refractivity (Wildman–Crippen MR) is 161 cm³/mol. The number of carbonyl (C=O) groups excluding carboxylic acids is 3. The Hall–Kier alpha value is -3.18. The van der Waals surface area contributed by atoms with Gasteiger partial charge in [0.15, 0.2) is 0 Å². The van der Waals surface area contributed by atoms with Gasteiger partial charge in [0.2, 0.25) is 17.7 Å². The summed E-state index contributed by atoms with van der Waals surface area (Å²) in [5.74, 6) is -2.21. The summed E-state index contributed by atoms with van der Waals surface area (Å²) in [4.78, 5) is 55.6. The maximum absolute atomic E-state index is 13.9. The largest absolute Gasteiger partial charge is 0.325 e. The van der Waals surface area contributed by atoms with E-state index in [0.717, 1.165) is 26.9 Å². The number of thioether (sulfide) groups is 1. The van der Waals surface area contributed by atoms with Crippen LogP contribution in [0.3, 0.4) is 0 Å². The van der Waals surface area contributed by atoms with E-state index < -0.39 is 17.1 Å². The Morgan fingerprint density at radius 2 is 1.62 bits per heavy atom. The SMILES string of the molecule is Cc1ccc(N2C(=O)C3Sc4c(sc(=O)n4CC(=O)Nc4ccc(Cl)cc4)C(c4ccc(Br)cc4)C3C2=O)cc1. The van der Waals surface area contributed by atoms with Crippen molar-refractivity contribution in [3.63, 3.8) is 0 Å². The number of halogens is 2. The number of rotatable bonds is 5. The molecule has 2 aliphatic rings. The smallest absolute Gasteiger partial charge is 0.308 e. The van der Waals surface area contributed by atoms with Crippen LogP contribution < -0.4 is 15.1 Å². The van der Waals surface area contributed by atoms with E-state index in [1.54, 1.807) is 36.4 Å². The van der Waals surface area contributed by atoms with Gasteiger partial charge in [0.1, 0.15) is 11.8 Å². The van der Waals surface area contributed by atoms with Crippen molar-refractivity contribution in [2.75, 3.05) is 10.2 Å². The average Bonchev–Trinajstić information content (AvgIpc) is 3.37. The molecule has 3 atom stereocenters. The van der Waals surface area contributed by atoms with Gasteiger partial charge < -0.3 is 5.32 Å². The first kappa shape index (κ1) is 27.0. The average molecular weight is 655 g/mol. The van der Waals surface area contributed by atoms with Gasteiger partial charge >= 0.3 is 4.87 Å². The van der Waals surface area contributed by atoms with Crippen LogP contribution in [0.2, 0.25) is 5.02 Å². The molecule has 11 heteroatoms. The van der Waals surface area contributed by atoms with Gasteiger partial charge in [0.05, 0.1) is 16.6 Å². The molecule has 3 amide bonds. The number of anilines is 2. The van der Waals surface area contributed by atoms with Crippen molar-refractivity contribution in [3.05, 3.63) is 108 Å². The van der Waals surface area contributed by atoms with Gasteiger partial charge in [-0.3, -0.25) is 23.7 Å². The molecule has 2 aliphatic heterocycles. The number of nitrogens with one attached hydrogen (secondary N) is 1. The van der Waals surface area contributed by atoms with Crippen molar-refractivity contribution in [1.29, 1.82) is 0 Å². The van der Waals surface area contributed by atoms with Gasteiger partial charge in [-0.05, 0) is 61.0 Å². The van der Waals surface area contributed by atoms with Crippen molar-refractivity contribution in [1.82, 2.24) is 4.57 Å². The lowest BCUT2D eigenvalue weighted by Crippen LogP contribution is -2.33. The van der Waals surface area contributed by atoms with E-state index in [1.165, 1.54) is 21.2 Å². The number of nitrogens with zero attached hydrogens (tertiary/aromatic N) is 2. The molecule has 0 bridgehead atoms. The van der Waals surface area contributed by atoms with E-state index in [1.807, 2.05) is 43.3 Å². The summed E-state index contributed by atoms with van der Waals surface area (Å²) in [6.45, 7) is 1.71. The zero-order chi connectivity index (χ0) is 28.1. The molecule has 40 heavy (non-hydrogen) atoms. The van der Waals surface area contributed by atoms with E-state index in [0.29, 0.717) is 26.3 Å². The van der Waals surface area contributed by atoms with Gasteiger partial charge in [-0.25, -0.2) is 4.90 Å². The molecule has 1 aromatic heterocycles. The van der Waals surface area contributed by atoms with Crippen LogP contribution in [0.15, 0.2) is 87.1 Å². The Bertz CT molecular complexity index is 1700. The van der Waals surface area contributed by atoms with Crippen LogP contribution in [0.25, 0.3) is 0 Å². The van der Waals surface area contributed by atoms with Crippen molar-refractivity contribution in [3.8, 4) is 0 Å². The van der Waals surface area contributed by atoms with Crippen molar-refractivity contribution < 1.29 is 14.4 Å². The van der Waals surface area contributed by atoms with Gasteiger partial charge in [-0.2, -0.15) is 0 Å². The number of carbonyl (C=O) groups is 3. The molecule has 3 heterocycles. The first-order valence-electron chi connectivity index (χ1n) is 12.4. The quantitative estimate of drug-likeness (QED) is 0.264. The van der Waals surface area contributed by atoms with Crippen LogP contribution in [0.5, 0.6) is 0 Å². The fraction of sp³-hybridized carbons (Fsp3) is 0.172. The molecule has 6 rings (SSSR count). The molecule has 1 N–H and O–H groups in total. The number of aryl methyl sites for hydroxylation is 1. The molecule has 0 saturated carbocycles. The standard InChI is InChI=1S/C29H21BrClN3O4S2/c1-15-2-12-20(13-3-15)34-26(36)23-22(16-4-6-17(30)7-5-16)25-28(39-24(23)27(34)37)33(29(38)40-25)14-21(35)32-19-10-8-18(31)9-11-19/h2-13,22-24H,14H2,1H3,(H,32,35). The van der Waals surface area contributed by atoms with E-state index in [2.05, 4.69) is 21.2 Å². The Kier molecular flexibility index (Phi) is 7.20. The fourth-order valence-corrected chi connectivity index (χ4v) is 8.27. The molecule has 3 unspecified atom stereocenters. The highest BCUT2D eigenvalue weighted by Crippen LogP contribution is 2.54. The second-order valence-electron chi connectivity index (χ2n) is 9.62. The maximum atomic E-state index is 13.9. The van der Waals surface area contributed by atoms with E-state index in [9.17, 15) is 19.2 Å². The minimum Gasteiger partial charge on any atom is -0.325 e. The normalized spacial score (nSPS) is 19.9. The number of thiazole rings is 1. The second-order valence-corrected chi connectivity index (χ2v) is 13.1. The number of benzene rings is 3. The number of fused-ring (bicyclic) bond motifs is 2. The molecule has 4 aromatic rings. The Morgan fingerprint density at radius 1 is 0.950 bits per heavy atom. The Balaban J connectivity index is 1.40. The predicted octanol–water partition coefficient (Wildman–Crippen LogP) is 6.07. The summed E-state index contributed by atoms with van der Waals surface area (Å²) in [6.07, 6.45) is 0. The summed E-state index contributed by atoms with van der Waals surface area (Å²) < 4.78 is 2.28. The first-order valence-corrected chi connectivity index (χ1v) is 15.2. The number of imide groups is 1. The minimum atomic E-state index is -0.741. The highest BCUT2D eigenvalue weighted by atomic mass is 79.9. The summed E-state index contributed by atoms with van der Waals surface area (Å²) in [5.41, 5.74) is 2.92. The summed E-state index contributed by atoms with van der Waals surface area (Å²) >= 11 is 11.6.